The molecule has 0 aliphatic rings. The number of esters is 1. The Bertz CT molecular complexity index is 883. The molecule has 0 saturated carbocycles. The predicted octanol–water partition coefficient (Wildman–Crippen LogP) is 3.91. The van der Waals surface area contributed by atoms with Gasteiger partial charge in [-0.3, -0.25) is 0 Å². The van der Waals surface area contributed by atoms with Crippen molar-refractivity contribution >= 4 is 27.8 Å². The lowest BCUT2D eigenvalue weighted by molar-refractivity contribution is 0.0519. The number of nitrogens with zero attached hydrogens (tertiary/aromatic N) is 1. The van der Waals surface area contributed by atoms with Crippen molar-refractivity contribution in [2.24, 2.45) is 0 Å². The largest absolute Gasteiger partial charge is 0.461 e. The van der Waals surface area contributed by atoms with Gasteiger partial charge in [0, 0.05) is 23.4 Å². The van der Waals surface area contributed by atoms with Crippen LogP contribution in [-0.2, 0) is 9.47 Å². The molecule has 23 heavy (non-hydrogen) atoms. The number of hydrogen-bond donors (Lipinski definition) is 1. The molecular weight excluding hydrogens is 292 g/mol. The smallest absolute Gasteiger partial charge is 0.357 e. The Hall–Kier alpha value is -2.40. The van der Waals surface area contributed by atoms with Crippen molar-refractivity contribution < 1.29 is 14.3 Å². The molecule has 3 aromatic rings. The van der Waals surface area contributed by atoms with E-state index in [1.807, 2.05) is 26.0 Å². The summed E-state index contributed by atoms with van der Waals surface area (Å²) < 4.78 is 10.5. The lowest BCUT2D eigenvalue weighted by atomic mass is 10.0. The molecular formula is C18H20N2O3. The van der Waals surface area contributed by atoms with Crippen molar-refractivity contribution in [3.05, 3.63) is 41.2 Å². The van der Waals surface area contributed by atoms with Crippen LogP contribution in [0.1, 0.15) is 41.6 Å². The zero-order valence-electron chi connectivity index (χ0n) is 13.8. The molecule has 0 aliphatic carbocycles. The van der Waals surface area contributed by atoms with Crippen molar-refractivity contribution in [3.8, 4) is 0 Å². The Morgan fingerprint density at radius 1 is 1.35 bits per heavy atom. The number of methoxy groups -OCH3 is 1. The first-order valence-electron chi connectivity index (χ1n) is 7.67. The summed E-state index contributed by atoms with van der Waals surface area (Å²) in [6.07, 6.45) is 1.70. The number of carbonyl (C=O) groups excluding carboxylic acids is 1. The van der Waals surface area contributed by atoms with E-state index >= 15 is 0 Å². The Morgan fingerprint density at radius 2 is 2.13 bits per heavy atom. The molecule has 1 N–H and O–H groups in total. The molecule has 5 nitrogen and oxygen atoms in total. The third kappa shape index (κ3) is 2.57. The molecule has 1 atom stereocenters. The quantitative estimate of drug-likeness (QED) is 0.742. The van der Waals surface area contributed by atoms with Gasteiger partial charge in [0.05, 0.1) is 24.4 Å². The molecule has 1 unspecified atom stereocenters. The van der Waals surface area contributed by atoms with E-state index in [1.54, 1.807) is 20.2 Å². The Balaban J connectivity index is 2.25. The first-order chi connectivity index (χ1) is 11.1. The van der Waals surface area contributed by atoms with Crippen LogP contribution >= 0.6 is 0 Å². The number of ether oxygens (including phenoxy) is 2. The highest BCUT2D eigenvalue weighted by atomic mass is 16.5. The molecule has 1 aromatic carbocycles. The topological polar surface area (TPSA) is 64.2 Å². The molecule has 120 valence electrons. The summed E-state index contributed by atoms with van der Waals surface area (Å²) in [6.45, 7) is 6.03. The summed E-state index contributed by atoms with van der Waals surface area (Å²) in [4.78, 5) is 19.7. The number of hydrogen-bond acceptors (Lipinski definition) is 4. The summed E-state index contributed by atoms with van der Waals surface area (Å²) in [5.41, 5.74) is 4.21. The molecule has 0 saturated heterocycles. The second-order valence-electron chi connectivity index (χ2n) is 5.55. The molecule has 0 radical (unpaired) electrons. The van der Waals surface area contributed by atoms with Crippen molar-refractivity contribution in [2.75, 3.05) is 13.7 Å². The second-order valence-corrected chi connectivity index (χ2v) is 5.55. The van der Waals surface area contributed by atoms with Crippen LogP contribution in [0.3, 0.4) is 0 Å². The maximum Gasteiger partial charge on any atom is 0.357 e. The maximum absolute atomic E-state index is 12.1. The van der Waals surface area contributed by atoms with Crippen molar-refractivity contribution in [1.29, 1.82) is 0 Å². The average molecular weight is 312 g/mol. The number of aromatic nitrogens is 2. The zero-order valence-corrected chi connectivity index (χ0v) is 13.8. The lowest BCUT2D eigenvalue weighted by Gasteiger charge is -2.10. The molecule has 2 heterocycles. The van der Waals surface area contributed by atoms with Gasteiger partial charge in [-0.25, -0.2) is 9.78 Å². The maximum atomic E-state index is 12.1. The molecule has 2 aromatic heterocycles. The lowest BCUT2D eigenvalue weighted by Crippen LogP contribution is -2.09. The monoisotopic (exact) mass is 312 g/mol. The van der Waals surface area contributed by atoms with Gasteiger partial charge in [0.15, 0.2) is 5.69 Å². The predicted molar refractivity (Wildman–Crippen MR) is 89.7 cm³/mol. The molecule has 5 heteroatoms. The summed E-state index contributed by atoms with van der Waals surface area (Å²) in [6, 6.07) is 6.18. The van der Waals surface area contributed by atoms with E-state index < -0.39 is 0 Å². The van der Waals surface area contributed by atoms with E-state index in [1.165, 1.54) is 0 Å². The van der Waals surface area contributed by atoms with E-state index in [0.29, 0.717) is 12.3 Å². The molecule has 0 amide bonds. The van der Waals surface area contributed by atoms with Crippen molar-refractivity contribution in [2.45, 2.75) is 26.9 Å². The first kappa shape index (κ1) is 15.5. The van der Waals surface area contributed by atoms with Crippen LogP contribution in [0.4, 0.5) is 0 Å². The van der Waals surface area contributed by atoms with Crippen molar-refractivity contribution in [3.63, 3.8) is 0 Å². The highest BCUT2D eigenvalue weighted by molar-refractivity contribution is 6.11. The second kappa shape index (κ2) is 6.01. The van der Waals surface area contributed by atoms with E-state index in [0.717, 1.165) is 32.9 Å². The number of nitrogens with one attached hydrogen (secondary N) is 1. The number of aryl methyl sites for hydroxylation is 1. The van der Waals surface area contributed by atoms with E-state index in [4.69, 9.17) is 9.47 Å². The molecule has 3 rings (SSSR count). The third-order valence-corrected chi connectivity index (χ3v) is 4.20. The molecule has 0 bridgehead atoms. The van der Waals surface area contributed by atoms with Crippen LogP contribution in [0.2, 0.25) is 0 Å². The minimum atomic E-state index is -0.386. The Morgan fingerprint density at radius 3 is 2.83 bits per heavy atom. The number of fused-ring (bicyclic) bond motifs is 3. The van der Waals surface area contributed by atoms with Gasteiger partial charge in [0.2, 0.25) is 0 Å². The van der Waals surface area contributed by atoms with Gasteiger partial charge >= 0.3 is 5.97 Å². The fourth-order valence-electron chi connectivity index (χ4n) is 2.87. The van der Waals surface area contributed by atoms with Gasteiger partial charge in [-0.05, 0) is 44.0 Å². The fourth-order valence-corrected chi connectivity index (χ4v) is 2.87. The summed E-state index contributed by atoms with van der Waals surface area (Å²) in [5.74, 6) is -0.386. The van der Waals surface area contributed by atoms with Gasteiger partial charge < -0.3 is 14.5 Å². The SMILES string of the molecule is CCOC(=O)c1ncc2[nH]c3ccc(C(C)OC)cc3c2c1C. The van der Waals surface area contributed by atoms with E-state index in [-0.39, 0.29) is 12.1 Å². The van der Waals surface area contributed by atoms with Crippen LogP contribution in [0.25, 0.3) is 21.8 Å². The standard InChI is InChI=1S/C18H20N2O3/c1-5-23-18(21)17-10(2)16-13-8-12(11(3)22-4)6-7-14(13)20-15(16)9-19-17/h6-9,11,20H,5H2,1-4H3. The zero-order chi connectivity index (χ0) is 16.6. The summed E-state index contributed by atoms with van der Waals surface area (Å²) in [5, 5.41) is 2.06. The van der Waals surface area contributed by atoms with Crippen LogP contribution in [0.5, 0.6) is 0 Å². The fraction of sp³-hybridized carbons (Fsp3) is 0.333. The minimum Gasteiger partial charge on any atom is -0.461 e. The normalized spacial score (nSPS) is 12.7. The number of aromatic amines is 1. The molecule has 0 fully saturated rings. The van der Waals surface area contributed by atoms with Gasteiger partial charge in [-0.2, -0.15) is 0 Å². The highest BCUT2D eigenvalue weighted by Crippen LogP contribution is 2.31. The van der Waals surface area contributed by atoms with Crippen LogP contribution in [-0.4, -0.2) is 29.7 Å². The number of rotatable bonds is 4. The number of H-pyrrole nitrogens is 1. The number of pyridine rings is 1. The van der Waals surface area contributed by atoms with Gasteiger partial charge in [0.25, 0.3) is 0 Å². The first-order valence-corrected chi connectivity index (χ1v) is 7.67. The minimum absolute atomic E-state index is 0.0102. The number of carbonyl (C=O) groups is 1. The van der Waals surface area contributed by atoms with E-state index in [2.05, 4.69) is 16.0 Å². The van der Waals surface area contributed by atoms with Gasteiger partial charge in [0.1, 0.15) is 0 Å². The molecule has 0 spiro atoms. The molecule has 0 aliphatic heterocycles. The van der Waals surface area contributed by atoms with Crippen LogP contribution in [0, 0.1) is 6.92 Å². The summed E-state index contributed by atoms with van der Waals surface area (Å²) in [7, 11) is 1.69. The van der Waals surface area contributed by atoms with E-state index in [9.17, 15) is 4.79 Å². The average Bonchev–Trinajstić information content (AvgIpc) is 2.92. The Kier molecular flexibility index (Phi) is 4.05. The van der Waals surface area contributed by atoms with Crippen LogP contribution in [0.15, 0.2) is 24.4 Å². The van der Waals surface area contributed by atoms with Gasteiger partial charge in [-0.1, -0.05) is 6.07 Å². The van der Waals surface area contributed by atoms with Crippen LogP contribution < -0.4 is 0 Å². The third-order valence-electron chi connectivity index (χ3n) is 4.20. The Labute approximate surface area is 134 Å². The van der Waals surface area contributed by atoms with Gasteiger partial charge in [-0.15, -0.1) is 0 Å². The number of benzene rings is 1. The highest BCUT2D eigenvalue weighted by Gasteiger charge is 2.17. The van der Waals surface area contributed by atoms with Crippen molar-refractivity contribution in [1.82, 2.24) is 9.97 Å². The summed E-state index contributed by atoms with van der Waals surface area (Å²) >= 11 is 0.